The predicted molar refractivity (Wildman–Crippen MR) is 134 cm³/mol. The van der Waals surface area contributed by atoms with Crippen LogP contribution in [-0.2, 0) is 4.74 Å². The van der Waals surface area contributed by atoms with Crippen molar-refractivity contribution in [3.8, 4) is 5.75 Å². The zero-order valence-electron chi connectivity index (χ0n) is 21.3. The number of hydrogen-bond donors (Lipinski definition) is 0. The van der Waals surface area contributed by atoms with Gasteiger partial charge >= 0.3 is 6.18 Å². The van der Waals surface area contributed by atoms with Crippen molar-refractivity contribution in [2.45, 2.75) is 96.4 Å². The summed E-state index contributed by atoms with van der Waals surface area (Å²) < 4.78 is 52.1. The maximum absolute atomic E-state index is 13.3. The Kier molecular flexibility index (Phi) is 7.02. The van der Waals surface area contributed by atoms with Crippen molar-refractivity contribution in [3.63, 3.8) is 0 Å². The zero-order chi connectivity index (χ0) is 24.7. The van der Waals surface area contributed by atoms with E-state index in [1.165, 1.54) is 18.4 Å². The van der Waals surface area contributed by atoms with Crippen LogP contribution in [0, 0.1) is 11.8 Å². The Hall–Kier alpha value is -1.69. The summed E-state index contributed by atoms with van der Waals surface area (Å²) in [6.45, 7) is 9.65. The van der Waals surface area contributed by atoms with Gasteiger partial charge in [0.2, 0.25) is 8.32 Å². The lowest BCUT2D eigenvalue weighted by molar-refractivity contribution is -0.158. The van der Waals surface area contributed by atoms with Crippen LogP contribution in [0.2, 0.25) is 18.1 Å². The molecule has 0 saturated heterocycles. The number of alkyl halides is 3. The first kappa shape index (κ1) is 25.4. The first-order chi connectivity index (χ1) is 15.9. The molecular formula is C28H39F3O2Si. The molecular weight excluding hydrogens is 453 g/mol. The van der Waals surface area contributed by atoms with Crippen LogP contribution in [0.1, 0.15) is 77.7 Å². The summed E-state index contributed by atoms with van der Waals surface area (Å²) in [5.41, 5.74) is 4.90. The zero-order valence-corrected chi connectivity index (χ0v) is 22.3. The van der Waals surface area contributed by atoms with Crippen LogP contribution in [0.25, 0.3) is 5.76 Å². The summed E-state index contributed by atoms with van der Waals surface area (Å²) in [6.07, 6.45) is 4.45. The minimum atomic E-state index is -4.37. The van der Waals surface area contributed by atoms with Crippen LogP contribution in [0.3, 0.4) is 0 Å². The lowest BCUT2D eigenvalue weighted by Crippen LogP contribution is -2.43. The molecule has 1 fully saturated rings. The Bertz CT molecular complexity index is 969. The Labute approximate surface area is 203 Å². The Balaban J connectivity index is 1.77. The van der Waals surface area contributed by atoms with Crippen molar-refractivity contribution in [1.29, 1.82) is 0 Å². The molecule has 0 aromatic heterocycles. The molecule has 2 atom stereocenters. The second kappa shape index (κ2) is 9.40. The van der Waals surface area contributed by atoms with Gasteiger partial charge in [0.15, 0.2) is 6.61 Å². The molecule has 2 nitrogen and oxygen atoms in total. The second-order valence-corrected chi connectivity index (χ2v) is 16.5. The Morgan fingerprint density at radius 1 is 1.03 bits per heavy atom. The van der Waals surface area contributed by atoms with Gasteiger partial charge < -0.3 is 9.16 Å². The number of fused-ring (bicyclic) bond motifs is 3. The third-order valence-corrected chi connectivity index (χ3v) is 12.7. The van der Waals surface area contributed by atoms with E-state index in [-0.39, 0.29) is 16.9 Å². The van der Waals surface area contributed by atoms with Gasteiger partial charge in [-0.2, -0.15) is 13.2 Å². The molecule has 0 N–H and O–H groups in total. The summed E-state index contributed by atoms with van der Waals surface area (Å²) in [6, 6.07) is 7.59. The van der Waals surface area contributed by atoms with Crippen molar-refractivity contribution in [1.82, 2.24) is 0 Å². The third-order valence-electron chi connectivity index (χ3n) is 8.32. The fourth-order valence-corrected chi connectivity index (χ4v) is 6.68. The second-order valence-electron chi connectivity index (χ2n) is 11.8. The van der Waals surface area contributed by atoms with Crippen molar-refractivity contribution >= 4 is 14.1 Å². The van der Waals surface area contributed by atoms with Gasteiger partial charge in [0.25, 0.3) is 0 Å². The first-order valence-corrected chi connectivity index (χ1v) is 15.7. The third kappa shape index (κ3) is 5.42. The molecule has 188 valence electrons. The van der Waals surface area contributed by atoms with E-state index in [1.807, 2.05) is 24.3 Å². The minimum absolute atomic E-state index is 0.0291. The fourth-order valence-electron chi connectivity index (χ4n) is 5.66. The molecule has 1 aromatic rings. The van der Waals surface area contributed by atoms with Crippen LogP contribution >= 0.6 is 0 Å². The van der Waals surface area contributed by atoms with Crippen LogP contribution in [0.4, 0.5) is 13.2 Å². The largest absolute Gasteiger partial charge is 0.543 e. The highest BCUT2D eigenvalue weighted by molar-refractivity contribution is 6.74. The van der Waals surface area contributed by atoms with E-state index in [0.29, 0.717) is 11.3 Å². The average molecular weight is 493 g/mol. The summed E-state index contributed by atoms with van der Waals surface area (Å²) in [7, 11) is -2.08. The number of hydrogen-bond acceptors (Lipinski definition) is 2. The average Bonchev–Trinajstić information content (AvgIpc) is 2.72. The molecule has 0 spiro atoms. The summed E-state index contributed by atoms with van der Waals surface area (Å²) >= 11 is 0. The van der Waals surface area contributed by atoms with E-state index in [2.05, 4.69) is 33.9 Å². The topological polar surface area (TPSA) is 18.5 Å². The van der Waals surface area contributed by atoms with E-state index in [4.69, 9.17) is 9.16 Å². The summed E-state index contributed by atoms with van der Waals surface area (Å²) in [5.74, 6) is 1.68. The monoisotopic (exact) mass is 492 g/mol. The van der Waals surface area contributed by atoms with Gasteiger partial charge in [-0.25, -0.2) is 0 Å². The molecule has 34 heavy (non-hydrogen) atoms. The molecule has 2 bridgehead atoms. The number of ether oxygens (including phenoxy) is 1. The smallest absolute Gasteiger partial charge is 0.422 e. The number of benzene rings is 1. The van der Waals surface area contributed by atoms with E-state index in [1.54, 1.807) is 5.57 Å². The van der Waals surface area contributed by atoms with Crippen LogP contribution in [0.15, 0.2) is 41.0 Å². The van der Waals surface area contributed by atoms with Crippen molar-refractivity contribution in [2.75, 3.05) is 6.61 Å². The highest BCUT2D eigenvalue weighted by atomic mass is 28.4. The molecule has 0 amide bonds. The fraction of sp³-hybridized carbons (Fsp3) is 0.643. The summed E-state index contributed by atoms with van der Waals surface area (Å²) in [4.78, 5) is 0. The Morgan fingerprint density at radius 3 is 2.47 bits per heavy atom. The molecule has 3 aliphatic carbocycles. The van der Waals surface area contributed by atoms with Gasteiger partial charge in [-0.15, -0.1) is 0 Å². The van der Waals surface area contributed by atoms with Gasteiger partial charge in [0.05, 0.1) is 0 Å². The predicted octanol–water partition coefficient (Wildman–Crippen LogP) is 9.05. The van der Waals surface area contributed by atoms with Gasteiger partial charge in [0.1, 0.15) is 11.5 Å². The standard InChI is InChI=1S/C28H39F3O2Si/c1-27(2,3)34(4,5)33-22-13-8-12-21(17-22)26(32-18-28(29,30)31)25-20-11-9-15-24(25)23-14-7-6-10-19(23)16-20/h8,12-13,17,20,24H,6-7,9-11,14-16,18H2,1-5H3/b26-25+. The minimum Gasteiger partial charge on any atom is -0.543 e. The van der Waals surface area contributed by atoms with Gasteiger partial charge in [-0.05, 0) is 86.7 Å². The normalized spacial score (nSPS) is 25.1. The highest BCUT2D eigenvalue weighted by Crippen LogP contribution is 2.53. The van der Waals surface area contributed by atoms with Gasteiger partial charge in [-0.1, -0.05) is 50.5 Å². The summed E-state index contributed by atoms with van der Waals surface area (Å²) in [5, 5.41) is 0.0291. The maximum atomic E-state index is 13.3. The SMILES string of the molecule is CC(C)(C)[Si](C)(C)Oc1cccc(/C(OCC(F)(F)F)=C2/C3CCCC2C2=C(CCCC2)C3)c1. The molecule has 0 heterocycles. The maximum Gasteiger partial charge on any atom is 0.422 e. The highest BCUT2D eigenvalue weighted by Gasteiger charge is 2.41. The lowest BCUT2D eigenvalue weighted by Gasteiger charge is -2.43. The van der Waals surface area contributed by atoms with E-state index >= 15 is 0 Å². The molecule has 1 aromatic carbocycles. The van der Waals surface area contributed by atoms with E-state index in [0.717, 1.165) is 49.8 Å². The van der Waals surface area contributed by atoms with Crippen LogP contribution < -0.4 is 4.43 Å². The molecule has 6 heteroatoms. The molecule has 4 rings (SSSR count). The molecule has 0 aliphatic heterocycles. The molecule has 2 unspecified atom stereocenters. The lowest BCUT2D eigenvalue weighted by atomic mass is 9.62. The number of allylic oxidation sites excluding steroid dienone is 3. The molecule has 3 aliphatic rings. The van der Waals surface area contributed by atoms with Gasteiger partial charge in [0, 0.05) is 11.5 Å². The van der Waals surface area contributed by atoms with Crippen molar-refractivity contribution in [3.05, 3.63) is 46.5 Å². The van der Waals surface area contributed by atoms with Crippen LogP contribution in [0.5, 0.6) is 5.75 Å². The van der Waals surface area contributed by atoms with Crippen LogP contribution in [-0.4, -0.2) is 21.1 Å². The van der Waals surface area contributed by atoms with E-state index < -0.39 is 21.1 Å². The molecule has 0 radical (unpaired) electrons. The van der Waals surface area contributed by atoms with Crippen molar-refractivity contribution in [2.24, 2.45) is 11.8 Å². The van der Waals surface area contributed by atoms with Gasteiger partial charge in [-0.3, -0.25) is 0 Å². The number of halogens is 3. The quantitative estimate of drug-likeness (QED) is 0.232. The number of rotatable bonds is 5. The van der Waals surface area contributed by atoms with E-state index in [9.17, 15) is 13.2 Å². The first-order valence-electron chi connectivity index (χ1n) is 12.8. The Morgan fingerprint density at radius 2 is 1.76 bits per heavy atom. The van der Waals surface area contributed by atoms with Crippen molar-refractivity contribution < 1.29 is 22.3 Å². The molecule has 1 saturated carbocycles.